The zero-order valence-electron chi connectivity index (χ0n) is 8.79. The number of ether oxygens (including phenoxy) is 1. The largest absolute Gasteiger partial charge is 0.489 e. The van der Waals surface area contributed by atoms with Gasteiger partial charge in [-0.2, -0.15) is 0 Å². The van der Waals surface area contributed by atoms with Crippen LogP contribution in [0.5, 0.6) is 5.75 Å². The van der Waals surface area contributed by atoms with Crippen LogP contribution in [0.1, 0.15) is 5.56 Å². The molecule has 2 aromatic carbocycles. The number of hydrogen-bond acceptors (Lipinski definition) is 1. The Hall–Kier alpha value is -0.450. The van der Waals surface area contributed by atoms with Gasteiger partial charge in [0, 0.05) is 3.57 Å². The Bertz CT molecular complexity index is 511. The first-order chi connectivity index (χ1) is 8.15. The fourth-order valence-electron chi connectivity index (χ4n) is 1.33. The van der Waals surface area contributed by atoms with Crippen molar-refractivity contribution >= 4 is 45.8 Å². The molecule has 0 saturated carbocycles. The maximum atomic E-state index is 5.93. The van der Waals surface area contributed by atoms with Crippen molar-refractivity contribution in [2.75, 3.05) is 0 Å². The Kier molecular flexibility index (Phi) is 4.54. The first-order valence-corrected chi connectivity index (χ1v) is 6.81. The average Bonchev–Trinajstić information content (AvgIpc) is 2.33. The third-order valence-corrected chi connectivity index (χ3v) is 3.66. The third kappa shape index (κ3) is 3.76. The second kappa shape index (κ2) is 5.94. The number of benzene rings is 2. The highest BCUT2D eigenvalue weighted by molar-refractivity contribution is 14.1. The predicted octanol–water partition coefficient (Wildman–Crippen LogP) is 5.18. The van der Waals surface area contributed by atoms with Crippen molar-refractivity contribution in [3.63, 3.8) is 0 Å². The van der Waals surface area contributed by atoms with Crippen LogP contribution in [-0.4, -0.2) is 0 Å². The lowest BCUT2D eigenvalue weighted by Gasteiger charge is -2.07. The Balaban J connectivity index is 2.02. The van der Waals surface area contributed by atoms with Crippen molar-refractivity contribution in [2.45, 2.75) is 6.61 Å². The highest BCUT2D eigenvalue weighted by Gasteiger charge is 2.00. The van der Waals surface area contributed by atoms with E-state index < -0.39 is 0 Å². The Morgan fingerprint density at radius 1 is 0.941 bits per heavy atom. The Morgan fingerprint density at radius 3 is 2.29 bits per heavy atom. The van der Waals surface area contributed by atoms with E-state index in [1.165, 1.54) is 3.57 Å². The minimum atomic E-state index is 0.484. The molecule has 0 fully saturated rings. The standard InChI is InChI=1S/C13H9Cl2IO/c14-12-6-1-9(7-13(12)15)8-17-11-4-2-10(16)3-5-11/h1-7H,8H2. The first kappa shape index (κ1) is 13.0. The average molecular weight is 379 g/mol. The van der Waals surface area contributed by atoms with Gasteiger partial charge in [-0.05, 0) is 64.6 Å². The molecule has 0 aliphatic carbocycles. The molecule has 0 heterocycles. The zero-order chi connectivity index (χ0) is 12.3. The van der Waals surface area contributed by atoms with Crippen LogP contribution >= 0.6 is 45.8 Å². The summed E-state index contributed by atoms with van der Waals surface area (Å²) in [5.74, 6) is 0.844. The minimum absolute atomic E-state index is 0.484. The van der Waals surface area contributed by atoms with Crippen LogP contribution in [-0.2, 0) is 6.61 Å². The summed E-state index contributed by atoms with van der Waals surface area (Å²) in [7, 11) is 0. The SMILES string of the molecule is Clc1ccc(COc2ccc(I)cc2)cc1Cl. The summed E-state index contributed by atoms with van der Waals surface area (Å²) in [6, 6.07) is 13.4. The highest BCUT2D eigenvalue weighted by Crippen LogP contribution is 2.23. The van der Waals surface area contributed by atoms with Crippen LogP contribution in [0.15, 0.2) is 42.5 Å². The molecule has 0 unspecified atom stereocenters. The van der Waals surface area contributed by atoms with E-state index in [0.29, 0.717) is 16.7 Å². The van der Waals surface area contributed by atoms with Crippen molar-refractivity contribution in [3.05, 3.63) is 61.6 Å². The summed E-state index contributed by atoms with van der Waals surface area (Å²) in [5.41, 5.74) is 0.998. The molecular weight excluding hydrogens is 370 g/mol. The molecule has 0 atom stereocenters. The molecule has 0 saturated heterocycles. The van der Waals surface area contributed by atoms with Crippen LogP contribution in [0.2, 0.25) is 10.0 Å². The van der Waals surface area contributed by atoms with Gasteiger partial charge in [0.15, 0.2) is 0 Å². The summed E-state index contributed by atoms with van der Waals surface area (Å²) in [6.07, 6.45) is 0. The van der Waals surface area contributed by atoms with E-state index in [4.69, 9.17) is 27.9 Å². The van der Waals surface area contributed by atoms with Crippen LogP contribution < -0.4 is 4.74 Å². The van der Waals surface area contributed by atoms with Crippen molar-refractivity contribution in [1.29, 1.82) is 0 Å². The molecule has 0 bridgehead atoms. The van der Waals surface area contributed by atoms with E-state index in [1.807, 2.05) is 36.4 Å². The first-order valence-electron chi connectivity index (χ1n) is 4.97. The number of rotatable bonds is 3. The van der Waals surface area contributed by atoms with E-state index in [1.54, 1.807) is 6.07 Å². The quantitative estimate of drug-likeness (QED) is 0.669. The smallest absolute Gasteiger partial charge is 0.119 e. The summed E-state index contributed by atoms with van der Waals surface area (Å²) >= 11 is 14.0. The van der Waals surface area contributed by atoms with E-state index in [2.05, 4.69) is 22.6 Å². The van der Waals surface area contributed by atoms with Gasteiger partial charge < -0.3 is 4.74 Å². The third-order valence-electron chi connectivity index (χ3n) is 2.20. The molecule has 0 aliphatic heterocycles. The molecule has 88 valence electrons. The van der Waals surface area contributed by atoms with Crippen LogP contribution in [0, 0.1) is 3.57 Å². The summed E-state index contributed by atoms with van der Waals surface area (Å²) < 4.78 is 6.82. The Morgan fingerprint density at radius 2 is 1.65 bits per heavy atom. The van der Waals surface area contributed by atoms with Crippen LogP contribution in [0.25, 0.3) is 0 Å². The minimum Gasteiger partial charge on any atom is -0.489 e. The maximum absolute atomic E-state index is 5.93. The summed E-state index contributed by atoms with van der Waals surface area (Å²) in [6.45, 7) is 0.484. The summed E-state index contributed by atoms with van der Waals surface area (Å²) in [5, 5.41) is 1.11. The van der Waals surface area contributed by atoms with E-state index in [9.17, 15) is 0 Å². The molecule has 0 radical (unpaired) electrons. The molecule has 0 spiro atoms. The molecule has 0 N–H and O–H groups in total. The predicted molar refractivity (Wildman–Crippen MR) is 80.0 cm³/mol. The van der Waals surface area contributed by atoms with Gasteiger partial charge >= 0.3 is 0 Å². The summed E-state index contributed by atoms with van der Waals surface area (Å²) in [4.78, 5) is 0. The topological polar surface area (TPSA) is 9.23 Å². The maximum Gasteiger partial charge on any atom is 0.119 e. The molecule has 4 heteroatoms. The number of halogens is 3. The van der Waals surface area contributed by atoms with Gasteiger partial charge in [0.2, 0.25) is 0 Å². The highest BCUT2D eigenvalue weighted by atomic mass is 127. The van der Waals surface area contributed by atoms with E-state index in [0.717, 1.165) is 11.3 Å². The molecule has 0 amide bonds. The normalized spacial score (nSPS) is 10.3. The van der Waals surface area contributed by atoms with Gasteiger partial charge in [0.05, 0.1) is 10.0 Å². The van der Waals surface area contributed by atoms with Crippen LogP contribution in [0.3, 0.4) is 0 Å². The van der Waals surface area contributed by atoms with Crippen molar-refractivity contribution in [2.24, 2.45) is 0 Å². The van der Waals surface area contributed by atoms with E-state index in [-0.39, 0.29) is 0 Å². The van der Waals surface area contributed by atoms with E-state index >= 15 is 0 Å². The molecular formula is C13H9Cl2IO. The number of hydrogen-bond donors (Lipinski definition) is 0. The molecule has 2 rings (SSSR count). The van der Waals surface area contributed by atoms with Crippen molar-refractivity contribution in [1.82, 2.24) is 0 Å². The van der Waals surface area contributed by atoms with Gasteiger partial charge in [0.25, 0.3) is 0 Å². The van der Waals surface area contributed by atoms with Gasteiger partial charge in [0.1, 0.15) is 12.4 Å². The van der Waals surface area contributed by atoms with Gasteiger partial charge in [-0.1, -0.05) is 29.3 Å². The fraction of sp³-hybridized carbons (Fsp3) is 0.0769. The lowest BCUT2D eigenvalue weighted by Crippen LogP contribution is -1.95. The van der Waals surface area contributed by atoms with Crippen molar-refractivity contribution < 1.29 is 4.74 Å². The molecule has 0 aliphatic rings. The lowest BCUT2D eigenvalue weighted by molar-refractivity contribution is 0.306. The van der Waals surface area contributed by atoms with Crippen LogP contribution in [0.4, 0.5) is 0 Å². The second-order valence-electron chi connectivity index (χ2n) is 3.49. The lowest BCUT2D eigenvalue weighted by atomic mass is 10.2. The van der Waals surface area contributed by atoms with Gasteiger partial charge in [-0.25, -0.2) is 0 Å². The molecule has 0 aromatic heterocycles. The monoisotopic (exact) mass is 378 g/mol. The fourth-order valence-corrected chi connectivity index (χ4v) is 2.01. The van der Waals surface area contributed by atoms with Gasteiger partial charge in [-0.3, -0.25) is 0 Å². The van der Waals surface area contributed by atoms with Gasteiger partial charge in [-0.15, -0.1) is 0 Å². The molecule has 2 aromatic rings. The zero-order valence-corrected chi connectivity index (χ0v) is 12.5. The molecule has 1 nitrogen and oxygen atoms in total. The van der Waals surface area contributed by atoms with Crippen molar-refractivity contribution in [3.8, 4) is 5.75 Å². The molecule has 17 heavy (non-hydrogen) atoms. The Labute approximate surface area is 124 Å². The second-order valence-corrected chi connectivity index (χ2v) is 5.55.